The highest BCUT2D eigenvalue weighted by Crippen LogP contribution is 2.32. The number of aryl methyl sites for hydroxylation is 1. The first-order chi connectivity index (χ1) is 11.4. The van der Waals surface area contributed by atoms with Gasteiger partial charge in [-0.2, -0.15) is 5.10 Å². The number of nitrogens with one attached hydrogen (secondary N) is 1. The van der Waals surface area contributed by atoms with Crippen LogP contribution >= 0.6 is 11.3 Å². The summed E-state index contributed by atoms with van der Waals surface area (Å²) in [7, 11) is 0. The number of nitrogens with zero attached hydrogens (tertiary/aromatic N) is 1. The van der Waals surface area contributed by atoms with Gasteiger partial charge in [-0.1, -0.05) is 6.92 Å². The first kappa shape index (κ1) is 16.6. The zero-order valence-electron chi connectivity index (χ0n) is 13.6. The average molecular weight is 346 g/mol. The van der Waals surface area contributed by atoms with Gasteiger partial charge in [0.25, 0.3) is 5.91 Å². The van der Waals surface area contributed by atoms with Crippen LogP contribution in [0.4, 0.5) is 4.39 Å². The first-order valence-corrected chi connectivity index (χ1v) is 8.71. The lowest BCUT2D eigenvalue weighted by molar-refractivity contribution is 0.0958. The average Bonchev–Trinajstić information content (AvgIpc) is 2.97. The van der Waals surface area contributed by atoms with E-state index in [0.717, 1.165) is 19.3 Å². The van der Waals surface area contributed by atoms with Crippen molar-refractivity contribution < 1.29 is 14.3 Å². The highest BCUT2D eigenvalue weighted by molar-refractivity contribution is 7.14. The number of amides is 1. The van der Waals surface area contributed by atoms with Crippen molar-refractivity contribution in [3.63, 3.8) is 0 Å². The van der Waals surface area contributed by atoms with Gasteiger partial charge >= 0.3 is 0 Å². The molecule has 1 aliphatic carbocycles. The lowest BCUT2D eigenvalue weighted by Crippen LogP contribution is -2.18. The Hall–Kier alpha value is -2.21. The summed E-state index contributed by atoms with van der Waals surface area (Å²) in [5.74, 6) is -0.173. The number of phenols is 1. The molecule has 1 aromatic carbocycles. The highest BCUT2D eigenvalue weighted by Gasteiger charge is 2.20. The molecule has 0 saturated carbocycles. The maximum Gasteiger partial charge on any atom is 0.281 e. The molecular weight excluding hydrogens is 327 g/mol. The van der Waals surface area contributed by atoms with Crippen molar-refractivity contribution in [3.05, 3.63) is 51.0 Å². The molecule has 0 bridgehead atoms. The fourth-order valence-electron chi connectivity index (χ4n) is 2.87. The molecule has 1 atom stereocenters. The third-order valence-electron chi connectivity index (χ3n) is 4.23. The lowest BCUT2D eigenvalue weighted by Gasteiger charge is -2.16. The molecule has 1 aromatic heterocycles. The number of halogens is 1. The van der Waals surface area contributed by atoms with Crippen molar-refractivity contribution in [3.8, 4) is 5.75 Å². The minimum Gasteiger partial charge on any atom is -0.507 e. The molecule has 1 amide bonds. The van der Waals surface area contributed by atoms with E-state index in [4.69, 9.17) is 0 Å². The SMILES string of the molecule is C/C(=N\NC(=O)c1cc2c(s1)CC[C@H](C)C2)c1cc(F)ccc1O. The maximum absolute atomic E-state index is 13.3. The Morgan fingerprint density at radius 2 is 2.21 bits per heavy atom. The van der Waals surface area contributed by atoms with E-state index in [2.05, 4.69) is 17.5 Å². The number of rotatable bonds is 3. The highest BCUT2D eigenvalue weighted by atomic mass is 32.1. The van der Waals surface area contributed by atoms with Gasteiger partial charge in [0.1, 0.15) is 11.6 Å². The summed E-state index contributed by atoms with van der Waals surface area (Å²) in [6.07, 6.45) is 3.19. The third-order valence-corrected chi connectivity index (χ3v) is 5.46. The summed E-state index contributed by atoms with van der Waals surface area (Å²) in [4.78, 5) is 14.2. The van der Waals surface area contributed by atoms with Gasteiger partial charge in [0.2, 0.25) is 0 Å². The second-order valence-corrected chi connectivity index (χ2v) is 7.34. The van der Waals surface area contributed by atoms with Crippen LogP contribution in [-0.2, 0) is 12.8 Å². The molecule has 1 aliphatic rings. The third kappa shape index (κ3) is 3.48. The van der Waals surface area contributed by atoms with Crippen LogP contribution in [0.15, 0.2) is 29.4 Å². The van der Waals surface area contributed by atoms with Crippen molar-refractivity contribution >= 4 is 23.0 Å². The van der Waals surface area contributed by atoms with Crippen LogP contribution in [0.1, 0.15) is 45.9 Å². The first-order valence-electron chi connectivity index (χ1n) is 7.89. The van der Waals surface area contributed by atoms with E-state index in [0.29, 0.717) is 16.5 Å². The van der Waals surface area contributed by atoms with E-state index in [9.17, 15) is 14.3 Å². The van der Waals surface area contributed by atoms with Gasteiger partial charge in [-0.3, -0.25) is 4.79 Å². The Balaban J connectivity index is 1.74. The second-order valence-electron chi connectivity index (χ2n) is 6.21. The van der Waals surface area contributed by atoms with Crippen LogP contribution in [0, 0.1) is 11.7 Å². The Labute approximate surface area is 144 Å². The fraction of sp³-hybridized carbons (Fsp3) is 0.333. The van der Waals surface area contributed by atoms with Gasteiger partial charge in [0.05, 0.1) is 10.6 Å². The standard InChI is InChI=1S/C18H19FN2O2S/c1-10-3-6-16-12(7-10)8-17(24-16)18(23)21-20-11(2)14-9-13(19)4-5-15(14)22/h4-5,8-10,22H,3,6-7H2,1-2H3,(H,21,23)/b20-11+/t10-/m0/s1. The quantitative estimate of drug-likeness (QED) is 0.655. The number of aromatic hydroxyl groups is 1. The second kappa shape index (κ2) is 6.73. The number of carbonyl (C=O) groups excluding carboxylic acids is 1. The largest absolute Gasteiger partial charge is 0.507 e. The van der Waals surface area contributed by atoms with Crippen LogP contribution < -0.4 is 5.43 Å². The van der Waals surface area contributed by atoms with E-state index in [1.54, 1.807) is 6.92 Å². The minimum absolute atomic E-state index is 0.0764. The summed E-state index contributed by atoms with van der Waals surface area (Å²) >= 11 is 1.51. The number of fused-ring (bicyclic) bond motifs is 1. The Morgan fingerprint density at radius 3 is 3.00 bits per heavy atom. The summed E-state index contributed by atoms with van der Waals surface area (Å²) in [5.41, 5.74) is 4.35. The van der Waals surface area contributed by atoms with Gasteiger partial charge in [-0.15, -0.1) is 11.3 Å². The molecule has 126 valence electrons. The molecule has 3 rings (SSSR count). The van der Waals surface area contributed by atoms with E-state index in [1.807, 2.05) is 6.07 Å². The van der Waals surface area contributed by atoms with Crippen molar-refractivity contribution in [2.45, 2.75) is 33.1 Å². The number of hydrogen-bond acceptors (Lipinski definition) is 4. The van der Waals surface area contributed by atoms with Crippen molar-refractivity contribution in [1.82, 2.24) is 5.43 Å². The van der Waals surface area contributed by atoms with Crippen LogP contribution in [-0.4, -0.2) is 16.7 Å². The molecule has 24 heavy (non-hydrogen) atoms. The summed E-state index contributed by atoms with van der Waals surface area (Å²) in [6.45, 7) is 3.83. The van der Waals surface area contributed by atoms with Gasteiger partial charge in [0, 0.05) is 10.4 Å². The number of hydrogen-bond donors (Lipinski definition) is 2. The van der Waals surface area contributed by atoms with Crippen LogP contribution in [0.3, 0.4) is 0 Å². The van der Waals surface area contributed by atoms with Gasteiger partial charge in [-0.25, -0.2) is 9.82 Å². The maximum atomic E-state index is 13.3. The zero-order chi connectivity index (χ0) is 17.3. The van der Waals surface area contributed by atoms with E-state index >= 15 is 0 Å². The van der Waals surface area contributed by atoms with E-state index < -0.39 is 5.82 Å². The monoisotopic (exact) mass is 346 g/mol. The van der Waals surface area contributed by atoms with Crippen LogP contribution in [0.5, 0.6) is 5.75 Å². The van der Waals surface area contributed by atoms with Crippen molar-refractivity contribution in [2.75, 3.05) is 0 Å². The summed E-state index contributed by atoms with van der Waals surface area (Å²) in [5, 5.41) is 13.8. The molecular formula is C18H19FN2O2S. The number of phenolic OH excluding ortho intramolecular Hbond substituents is 1. The van der Waals surface area contributed by atoms with Gasteiger partial charge < -0.3 is 5.11 Å². The van der Waals surface area contributed by atoms with E-state index in [1.165, 1.54) is 40.0 Å². The Kier molecular flexibility index (Phi) is 4.66. The van der Waals surface area contributed by atoms with Gasteiger partial charge in [0.15, 0.2) is 0 Å². The molecule has 2 N–H and O–H groups in total. The smallest absolute Gasteiger partial charge is 0.281 e. The number of thiophene rings is 1. The van der Waals surface area contributed by atoms with E-state index in [-0.39, 0.29) is 17.2 Å². The minimum atomic E-state index is -0.469. The molecule has 6 heteroatoms. The lowest BCUT2D eigenvalue weighted by atomic mass is 9.90. The predicted octanol–water partition coefficient (Wildman–Crippen LogP) is 3.87. The molecule has 1 heterocycles. The Morgan fingerprint density at radius 1 is 1.42 bits per heavy atom. The zero-order valence-corrected chi connectivity index (χ0v) is 14.4. The van der Waals surface area contributed by atoms with Crippen LogP contribution in [0.2, 0.25) is 0 Å². The Bertz CT molecular complexity index is 813. The van der Waals surface area contributed by atoms with Crippen molar-refractivity contribution in [1.29, 1.82) is 0 Å². The number of hydrazone groups is 1. The van der Waals surface area contributed by atoms with Crippen LogP contribution in [0.25, 0.3) is 0 Å². The number of benzene rings is 1. The molecule has 0 saturated heterocycles. The normalized spacial score (nSPS) is 17.5. The fourth-order valence-corrected chi connectivity index (χ4v) is 3.96. The summed E-state index contributed by atoms with van der Waals surface area (Å²) in [6, 6.07) is 5.56. The molecule has 0 unspecified atom stereocenters. The predicted molar refractivity (Wildman–Crippen MR) is 93.3 cm³/mol. The molecule has 2 aromatic rings. The summed E-state index contributed by atoms with van der Waals surface area (Å²) < 4.78 is 13.3. The molecule has 4 nitrogen and oxygen atoms in total. The topological polar surface area (TPSA) is 61.7 Å². The van der Waals surface area contributed by atoms with Gasteiger partial charge in [-0.05, 0) is 61.9 Å². The molecule has 0 aliphatic heterocycles. The molecule has 0 spiro atoms. The molecule has 0 radical (unpaired) electrons. The number of carbonyl (C=O) groups is 1. The molecule has 0 fully saturated rings. The van der Waals surface area contributed by atoms with Crippen molar-refractivity contribution in [2.24, 2.45) is 11.0 Å².